The van der Waals surface area contributed by atoms with Crippen LogP contribution in [0.25, 0.3) is 0 Å². The Labute approximate surface area is 152 Å². The van der Waals surface area contributed by atoms with Crippen LogP contribution >= 0.6 is 11.8 Å². The smallest absolute Gasteiger partial charge is 0.251 e. The molecule has 0 radical (unpaired) electrons. The summed E-state index contributed by atoms with van der Waals surface area (Å²) < 4.78 is 23.2. The molecule has 2 unspecified atom stereocenters. The molecule has 2 heterocycles. The molecule has 0 spiro atoms. The van der Waals surface area contributed by atoms with Crippen molar-refractivity contribution in [2.75, 3.05) is 23.4 Å². The summed E-state index contributed by atoms with van der Waals surface area (Å²) in [6.07, 6.45) is 0.947. The first-order valence-corrected chi connectivity index (χ1v) is 11.1. The maximum atomic E-state index is 12.2. The number of hydrogen-bond donors (Lipinski definition) is 2. The fourth-order valence-electron chi connectivity index (χ4n) is 2.85. The van der Waals surface area contributed by atoms with E-state index in [0.717, 1.165) is 17.3 Å². The van der Waals surface area contributed by atoms with Gasteiger partial charge in [0.2, 0.25) is 0 Å². The average molecular weight is 382 g/mol. The van der Waals surface area contributed by atoms with Crippen molar-refractivity contribution in [3.05, 3.63) is 29.8 Å². The molecule has 2 N–H and O–H groups in total. The molecule has 0 saturated carbocycles. The minimum Gasteiger partial charge on any atom is -0.352 e. The molecule has 1 aromatic rings. The van der Waals surface area contributed by atoms with Crippen LogP contribution in [0, 0.1) is 5.92 Å². The Balaban J connectivity index is 1.60. The number of anilines is 1. The lowest BCUT2D eigenvalue weighted by Gasteiger charge is -2.10. The highest BCUT2D eigenvalue weighted by Gasteiger charge is 2.42. The van der Waals surface area contributed by atoms with E-state index < -0.39 is 9.84 Å². The Morgan fingerprint density at radius 1 is 1.36 bits per heavy atom. The lowest BCUT2D eigenvalue weighted by molar-refractivity contribution is 0.0952. The lowest BCUT2D eigenvalue weighted by atomic mass is 10.1. The van der Waals surface area contributed by atoms with E-state index >= 15 is 0 Å². The predicted octanol–water partition coefficient (Wildman–Crippen LogP) is 2.14. The van der Waals surface area contributed by atoms with Crippen LogP contribution in [0.3, 0.4) is 0 Å². The molecule has 8 heteroatoms. The largest absolute Gasteiger partial charge is 0.352 e. The molecular formula is C17H23N3O3S2. The molecule has 1 amide bonds. The Morgan fingerprint density at radius 2 is 2.16 bits per heavy atom. The zero-order chi connectivity index (χ0) is 18.0. The number of aliphatic imine (C=N–C) groups is 1. The van der Waals surface area contributed by atoms with Crippen LogP contribution in [0.1, 0.15) is 30.6 Å². The van der Waals surface area contributed by atoms with Gasteiger partial charge >= 0.3 is 0 Å². The van der Waals surface area contributed by atoms with Crippen LogP contribution in [0.5, 0.6) is 0 Å². The Morgan fingerprint density at radius 3 is 2.88 bits per heavy atom. The number of carbonyl (C=O) groups is 1. The highest BCUT2D eigenvalue weighted by molar-refractivity contribution is 8.15. The van der Waals surface area contributed by atoms with Crippen LogP contribution in [-0.2, 0) is 9.84 Å². The Kier molecular flexibility index (Phi) is 5.38. The quantitative estimate of drug-likeness (QED) is 0.816. The first-order valence-electron chi connectivity index (χ1n) is 8.42. The van der Waals surface area contributed by atoms with E-state index in [1.54, 1.807) is 12.1 Å². The minimum absolute atomic E-state index is 0.00927. The summed E-state index contributed by atoms with van der Waals surface area (Å²) in [6, 6.07) is 7.11. The van der Waals surface area contributed by atoms with E-state index in [9.17, 15) is 13.2 Å². The van der Waals surface area contributed by atoms with Gasteiger partial charge in [-0.05, 0) is 30.5 Å². The van der Waals surface area contributed by atoms with Crippen molar-refractivity contribution in [1.29, 1.82) is 0 Å². The predicted molar refractivity (Wildman–Crippen MR) is 103 cm³/mol. The van der Waals surface area contributed by atoms with Gasteiger partial charge in [-0.3, -0.25) is 9.79 Å². The first-order chi connectivity index (χ1) is 11.8. The number of nitrogens with one attached hydrogen (secondary N) is 2. The zero-order valence-corrected chi connectivity index (χ0v) is 16.0. The lowest BCUT2D eigenvalue weighted by Crippen LogP contribution is -2.25. The molecular weight excluding hydrogens is 358 g/mol. The maximum absolute atomic E-state index is 12.2. The molecule has 0 bridgehead atoms. The van der Waals surface area contributed by atoms with Crippen molar-refractivity contribution < 1.29 is 13.2 Å². The summed E-state index contributed by atoms with van der Waals surface area (Å²) in [4.78, 5) is 16.7. The third-order valence-electron chi connectivity index (χ3n) is 4.20. The van der Waals surface area contributed by atoms with Crippen molar-refractivity contribution >= 4 is 38.4 Å². The van der Waals surface area contributed by atoms with Crippen molar-refractivity contribution in [3.63, 3.8) is 0 Å². The van der Waals surface area contributed by atoms with Crippen molar-refractivity contribution in [3.8, 4) is 0 Å². The van der Waals surface area contributed by atoms with Gasteiger partial charge < -0.3 is 10.6 Å². The molecule has 1 aromatic carbocycles. The average Bonchev–Trinajstić information content (AvgIpc) is 2.99. The summed E-state index contributed by atoms with van der Waals surface area (Å²) in [5.74, 6) is 0.783. The van der Waals surface area contributed by atoms with Gasteiger partial charge in [-0.15, -0.1) is 0 Å². The van der Waals surface area contributed by atoms with Gasteiger partial charge in [-0.25, -0.2) is 8.42 Å². The molecule has 1 saturated heterocycles. The molecule has 25 heavy (non-hydrogen) atoms. The van der Waals surface area contributed by atoms with Gasteiger partial charge in [-0.2, -0.15) is 0 Å². The molecule has 6 nitrogen and oxygen atoms in total. The number of amides is 1. The van der Waals surface area contributed by atoms with Crippen molar-refractivity contribution in [2.45, 2.75) is 31.6 Å². The van der Waals surface area contributed by atoms with Gasteiger partial charge in [0, 0.05) is 23.0 Å². The molecule has 0 aromatic heterocycles. The second-order valence-corrected chi connectivity index (χ2v) is 10.3. The Hall–Kier alpha value is -1.54. The van der Waals surface area contributed by atoms with E-state index in [1.807, 2.05) is 12.1 Å². The highest BCUT2D eigenvalue weighted by atomic mass is 32.2. The van der Waals surface area contributed by atoms with Crippen LogP contribution in [0.15, 0.2) is 29.3 Å². The third kappa shape index (κ3) is 4.76. The molecule has 2 aliphatic heterocycles. The fraction of sp³-hybridized carbons (Fsp3) is 0.529. The van der Waals surface area contributed by atoms with Crippen LogP contribution < -0.4 is 10.6 Å². The number of carbonyl (C=O) groups excluding carboxylic acids is 1. The summed E-state index contributed by atoms with van der Waals surface area (Å²) in [6.45, 7) is 4.91. The highest BCUT2D eigenvalue weighted by Crippen LogP contribution is 2.34. The van der Waals surface area contributed by atoms with Crippen LogP contribution in [0.4, 0.5) is 5.69 Å². The number of benzene rings is 1. The van der Waals surface area contributed by atoms with E-state index in [4.69, 9.17) is 0 Å². The van der Waals surface area contributed by atoms with Crippen molar-refractivity contribution in [1.82, 2.24) is 5.32 Å². The van der Waals surface area contributed by atoms with E-state index in [-0.39, 0.29) is 28.7 Å². The third-order valence-corrected chi connectivity index (χ3v) is 7.34. The SMILES string of the molecule is CC(C)CCNC(=O)c1cccc(NC2=NC3CS(=O)(=O)CC3S2)c1. The zero-order valence-electron chi connectivity index (χ0n) is 14.4. The van der Waals surface area contributed by atoms with Crippen LogP contribution in [-0.4, -0.2) is 48.8 Å². The Bertz CT molecular complexity index is 790. The molecule has 3 rings (SSSR count). The molecule has 2 atom stereocenters. The monoisotopic (exact) mass is 381 g/mol. The minimum atomic E-state index is -2.94. The van der Waals surface area contributed by atoms with E-state index in [1.165, 1.54) is 11.8 Å². The number of sulfone groups is 1. The number of hydrogen-bond acceptors (Lipinski definition) is 6. The summed E-state index contributed by atoms with van der Waals surface area (Å²) in [7, 11) is -2.94. The number of thioether (sulfide) groups is 1. The van der Waals surface area contributed by atoms with Gasteiger partial charge in [-0.1, -0.05) is 31.7 Å². The fourth-order valence-corrected chi connectivity index (χ4v) is 6.53. The summed E-state index contributed by atoms with van der Waals surface area (Å²) in [5.41, 5.74) is 1.38. The number of nitrogens with zero attached hydrogens (tertiary/aromatic N) is 1. The van der Waals surface area contributed by atoms with Crippen LogP contribution in [0.2, 0.25) is 0 Å². The van der Waals surface area contributed by atoms with E-state index in [2.05, 4.69) is 29.5 Å². The number of rotatable bonds is 5. The second-order valence-electron chi connectivity index (χ2n) is 6.88. The first kappa shape index (κ1) is 18.3. The normalized spacial score (nSPS) is 24.0. The van der Waals surface area contributed by atoms with Gasteiger partial charge in [0.25, 0.3) is 5.91 Å². The molecule has 0 aliphatic carbocycles. The molecule has 1 fully saturated rings. The van der Waals surface area contributed by atoms with Gasteiger partial charge in [0.1, 0.15) is 0 Å². The summed E-state index contributed by atoms with van der Waals surface area (Å²) >= 11 is 1.47. The molecule has 136 valence electrons. The maximum Gasteiger partial charge on any atom is 0.251 e. The van der Waals surface area contributed by atoms with Gasteiger partial charge in [0.15, 0.2) is 15.0 Å². The van der Waals surface area contributed by atoms with Gasteiger partial charge in [0.05, 0.1) is 17.5 Å². The second kappa shape index (κ2) is 7.37. The standard InChI is InChI=1S/C17H23N3O3S2/c1-11(2)6-7-18-16(21)12-4-3-5-13(8-12)19-17-20-14-9-25(22,23)10-15(14)24-17/h3-5,8,11,14-15H,6-7,9-10H2,1-2H3,(H,18,21)(H,19,20). The topological polar surface area (TPSA) is 87.6 Å². The number of fused-ring (bicyclic) bond motifs is 1. The van der Waals surface area contributed by atoms with Crippen molar-refractivity contribution in [2.24, 2.45) is 10.9 Å². The molecule has 2 aliphatic rings. The van der Waals surface area contributed by atoms with E-state index in [0.29, 0.717) is 18.0 Å². The number of amidine groups is 1. The summed E-state index contributed by atoms with van der Waals surface area (Å²) in [5, 5.41) is 6.86.